The molecule has 0 spiro atoms. The van der Waals surface area contributed by atoms with Crippen LogP contribution in [-0.4, -0.2) is 33.6 Å². The van der Waals surface area contributed by atoms with Crippen molar-refractivity contribution >= 4 is 5.91 Å². The molecule has 18 heavy (non-hydrogen) atoms. The second-order valence-corrected chi connectivity index (χ2v) is 5.18. The van der Waals surface area contributed by atoms with Crippen LogP contribution in [0, 0.1) is 5.92 Å². The highest BCUT2D eigenvalue weighted by atomic mass is 16.3. The van der Waals surface area contributed by atoms with E-state index in [9.17, 15) is 15.0 Å². The molecule has 1 aliphatic rings. The summed E-state index contributed by atoms with van der Waals surface area (Å²) in [5, 5.41) is 19.0. The molecule has 1 aromatic rings. The van der Waals surface area contributed by atoms with E-state index in [-0.39, 0.29) is 29.0 Å². The molecule has 1 amide bonds. The lowest BCUT2D eigenvalue weighted by molar-refractivity contribution is 0.0585. The number of hydrogen-bond donors (Lipinski definition) is 2. The van der Waals surface area contributed by atoms with Crippen LogP contribution in [0.3, 0.4) is 0 Å². The van der Waals surface area contributed by atoms with Gasteiger partial charge in [0.2, 0.25) is 0 Å². The van der Waals surface area contributed by atoms with Gasteiger partial charge in [-0.1, -0.05) is 6.92 Å². The molecule has 1 heterocycles. The number of amides is 1. The van der Waals surface area contributed by atoms with Crippen LogP contribution in [-0.2, 0) is 0 Å². The van der Waals surface area contributed by atoms with Gasteiger partial charge in [0.1, 0.15) is 11.5 Å². The van der Waals surface area contributed by atoms with Crippen LogP contribution in [0.2, 0.25) is 0 Å². The molecule has 0 saturated carbocycles. The van der Waals surface area contributed by atoms with Crippen molar-refractivity contribution in [1.29, 1.82) is 0 Å². The van der Waals surface area contributed by atoms with Gasteiger partial charge in [-0.2, -0.15) is 0 Å². The first kappa shape index (κ1) is 12.7. The molecule has 0 aliphatic carbocycles. The number of carbonyl (C=O) groups is 1. The normalized spacial score (nSPS) is 24.0. The number of benzene rings is 1. The van der Waals surface area contributed by atoms with Gasteiger partial charge in [-0.05, 0) is 37.8 Å². The quantitative estimate of drug-likeness (QED) is 0.803. The minimum atomic E-state index is -0.161. The van der Waals surface area contributed by atoms with Crippen molar-refractivity contribution in [3.63, 3.8) is 0 Å². The van der Waals surface area contributed by atoms with Gasteiger partial charge < -0.3 is 15.1 Å². The van der Waals surface area contributed by atoms with Crippen molar-refractivity contribution in [2.45, 2.75) is 32.7 Å². The van der Waals surface area contributed by atoms with Gasteiger partial charge >= 0.3 is 0 Å². The van der Waals surface area contributed by atoms with Crippen molar-refractivity contribution in [2.75, 3.05) is 6.54 Å². The highest BCUT2D eigenvalue weighted by Crippen LogP contribution is 2.28. The molecule has 0 radical (unpaired) electrons. The average molecular weight is 249 g/mol. The molecule has 1 aliphatic heterocycles. The van der Waals surface area contributed by atoms with E-state index in [1.54, 1.807) is 4.90 Å². The Balaban J connectivity index is 2.20. The Kier molecular flexibility index (Phi) is 3.45. The maximum absolute atomic E-state index is 12.3. The minimum Gasteiger partial charge on any atom is -0.508 e. The maximum Gasteiger partial charge on any atom is 0.257 e. The predicted octanol–water partition coefficient (Wildman–Crippen LogP) is 2.36. The number of carbonyl (C=O) groups excluding carboxylic acids is 1. The first-order valence-electron chi connectivity index (χ1n) is 6.32. The molecule has 98 valence electrons. The van der Waals surface area contributed by atoms with Crippen LogP contribution in [0.15, 0.2) is 18.2 Å². The number of phenolic OH excluding ortho intramolecular Hbond substituents is 2. The Bertz CT molecular complexity index is 458. The zero-order valence-corrected chi connectivity index (χ0v) is 10.8. The zero-order valence-electron chi connectivity index (χ0n) is 10.8. The lowest BCUT2D eigenvalue weighted by Gasteiger charge is -2.36. The van der Waals surface area contributed by atoms with Gasteiger partial charge in [0.05, 0.1) is 5.56 Å². The summed E-state index contributed by atoms with van der Waals surface area (Å²) < 4.78 is 0. The number of aromatic hydroxyl groups is 2. The van der Waals surface area contributed by atoms with E-state index in [0.29, 0.717) is 5.92 Å². The third-order valence-electron chi connectivity index (χ3n) is 3.61. The first-order chi connectivity index (χ1) is 8.49. The number of rotatable bonds is 1. The van der Waals surface area contributed by atoms with Crippen LogP contribution in [0.5, 0.6) is 11.5 Å². The summed E-state index contributed by atoms with van der Waals surface area (Å²) in [6.45, 7) is 4.95. The Morgan fingerprint density at radius 1 is 1.33 bits per heavy atom. The Morgan fingerprint density at radius 3 is 2.67 bits per heavy atom. The Hall–Kier alpha value is -1.71. The molecule has 1 saturated heterocycles. The van der Waals surface area contributed by atoms with Crippen LogP contribution in [0.25, 0.3) is 0 Å². The van der Waals surface area contributed by atoms with Crippen molar-refractivity contribution in [1.82, 2.24) is 4.90 Å². The van der Waals surface area contributed by atoms with Crippen LogP contribution < -0.4 is 0 Å². The van der Waals surface area contributed by atoms with Crippen molar-refractivity contribution in [2.24, 2.45) is 5.92 Å². The van der Waals surface area contributed by atoms with Crippen LogP contribution in [0.1, 0.15) is 37.0 Å². The SMILES string of the molecule is CC1CCN(C(=O)c2ccc(O)cc2O)C(C)C1. The third-order valence-corrected chi connectivity index (χ3v) is 3.61. The van der Waals surface area contributed by atoms with Gasteiger partial charge in [-0.25, -0.2) is 0 Å². The van der Waals surface area contributed by atoms with Crippen molar-refractivity contribution in [3.8, 4) is 11.5 Å². The number of piperidine rings is 1. The van der Waals surface area contributed by atoms with Gasteiger partial charge in [-0.3, -0.25) is 4.79 Å². The van der Waals surface area contributed by atoms with E-state index < -0.39 is 0 Å². The zero-order chi connectivity index (χ0) is 13.3. The lowest BCUT2D eigenvalue weighted by Crippen LogP contribution is -2.44. The largest absolute Gasteiger partial charge is 0.508 e. The second-order valence-electron chi connectivity index (χ2n) is 5.18. The Morgan fingerprint density at radius 2 is 2.06 bits per heavy atom. The summed E-state index contributed by atoms with van der Waals surface area (Å²) in [6, 6.07) is 4.28. The number of phenols is 2. The van der Waals surface area contributed by atoms with Gasteiger partial charge in [0, 0.05) is 18.7 Å². The molecule has 4 heteroatoms. The lowest BCUT2D eigenvalue weighted by atomic mass is 9.93. The molecule has 0 bridgehead atoms. The van der Waals surface area contributed by atoms with E-state index in [0.717, 1.165) is 19.4 Å². The van der Waals surface area contributed by atoms with E-state index in [1.165, 1.54) is 18.2 Å². The summed E-state index contributed by atoms with van der Waals surface area (Å²) in [7, 11) is 0. The average Bonchev–Trinajstić information content (AvgIpc) is 2.28. The maximum atomic E-state index is 12.3. The van der Waals surface area contributed by atoms with Crippen molar-refractivity contribution < 1.29 is 15.0 Å². The van der Waals surface area contributed by atoms with E-state index in [1.807, 2.05) is 6.92 Å². The molecule has 2 unspecified atom stereocenters. The molecule has 2 atom stereocenters. The number of hydrogen-bond acceptors (Lipinski definition) is 3. The topological polar surface area (TPSA) is 60.8 Å². The molecule has 1 aromatic carbocycles. The van der Waals surface area contributed by atoms with Crippen molar-refractivity contribution in [3.05, 3.63) is 23.8 Å². The predicted molar refractivity (Wildman–Crippen MR) is 68.7 cm³/mol. The fourth-order valence-electron chi connectivity index (χ4n) is 2.56. The number of likely N-dealkylation sites (tertiary alicyclic amines) is 1. The van der Waals surface area contributed by atoms with E-state index in [2.05, 4.69) is 6.92 Å². The highest BCUT2D eigenvalue weighted by Gasteiger charge is 2.28. The minimum absolute atomic E-state index is 0.0376. The first-order valence-corrected chi connectivity index (χ1v) is 6.32. The monoisotopic (exact) mass is 249 g/mol. The summed E-state index contributed by atoms with van der Waals surface area (Å²) in [5.41, 5.74) is 0.259. The summed E-state index contributed by atoms with van der Waals surface area (Å²) in [5.74, 6) is 0.277. The smallest absolute Gasteiger partial charge is 0.257 e. The molecule has 2 rings (SSSR count). The number of nitrogens with zero attached hydrogens (tertiary/aromatic N) is 1. The third kappa shape index (κ3) is 2.42. The Labute approximate surface area is 107 Å². The molecule has 0 aromatic heterocycles. The molecule has 2 N–H and O–H groups in total. The van der Waals surface area contributed by atoms with E-state index in [4.69, 9.17) is 0 Å². The fourth-order valence-corrected chi connectivity index (χ4v) is 2.56. The molecular weight excluding hydrogens is 230 g/mol. The summed E-state index contributed by atoms with van der Waals surface area (Å²) in [4.78, 5) is 14.1. The van der Waals surface area contributed by atoms with Crippen LogP contribution in [0.4, 0.5) is 0 Å². The van der Waals surface area contributed by atoms with E-state index >= 15 is 0 Å². The van der Waals surface area contributed by atoms with Gasteiger partial charge in [0.25, 0.3) is 5.91 Å². The molecular formula is C14H19NO3. The molecule has 1 fully saturated rings. The fraction of sp³-hybridized carbons (Fsp3) is 0.500. The van der Waals surface area contributed by atoms with Gasteiger partial charge in [-0.15, -0.1) is 0 Å². The highest BCUT2D eigenvalue weighted by molar-refractivity contribution is 5.97. The van der Waals surface area contributed by atoms with Crippen LogP contribution >= 0.6 is 0 Å². The summed E-state index contributed by atoms with van der Waals surface area (Å²) in [6.07, 6.45) is 1.99. The standard InChI is InChI=1S/C14H19NO3/c1-9-5-6-15(10(2)7-9)14(18)12-4-3-11(16)8-13(12)17/h3-4,8-10,16-17H,5-7H2,1-2H3. The molecule has 4 nitrogen and oxygen atoms in total. The summed E-state index contributed by atoms with van der Waals surface area (Å²) >= 11 is 0. The second kappa shape index (κ2) is 4.88. The van der Waals surface area contributed by atoms with Gasteiger partial charge in [0.15, 0.2) is 0 Å².